The lowest BCUT2D eigenvalue weighted by molar-refractivity contribution is -0.146. The molecule has 1 unspecified atom stereocenters. The maximum absolute atomic E-state index is 12.0. The highest BCUT2D eigenvalue weighted by Crippen LogP contribution is 2.34. The van der Waals surface area contributed by atoms with Gasteiger partial charge < -0.3 is 4.74 Å². The van der Waals surface area contributed by atoms with Gasteiger partial charge in [-0.25, -0.2) is 8.42 Å². The summed E-state index contributed by atoms with van der Waals surface area (Å²) in [6, 6.07) is -0.578. The molecule has 0 amide bonds. The molecule has 0 bridgehead atoms. The largest absolute Gasteiger partial charge is 0.465 e. The van der Waals surface area contributed by atoms with Gasteiger partial charge in [-0.05, 0) is 32.6 Å². The Morgan fingerprint density at radius 3 is 2.62 bits per heavy atom. The van der Waals surface area contributed by atoms with Crippen molar-refractivity contribution in [2.75, 3.05) is 13.2 Å². The predicted octanol–water partition coefficient (Wildman–Crippen LogP) is 0.506. The molecule has 0 aromatic heterocycles. The van der Waals surface area contributed by atoms with Crippen molar-refractivity contribution >= 4 is 16.0 Å². The van der Waals surface area contributed by atoms with Crippen molar-refractivity contribution in [1.82, 2.24) is 4.31 Å². The summed E-state index contributed by atoms with van der Waals surface area (Å²) in [5.41, 5.74) is 0. The van der Waals surface area contributed by atoms with E-state index >= 15 is 0 Å². The Morgan fingerprint density at radius 1 is 1.38 bits per heavy atom. The maximum Gasteiger partial charge on any atom is 0.324 e. The van der Waals surface area contributed by atoms with Crippen LogP contribution in [0.4, 0.5) is 0 Å². The van der Waals surface area contributed by atoms with Gasteiger partial charge >= 0.3 is 5.97 Å². The van der Waals surface area contributed by atoms with Crippen LogP contribution in [0.2, 0.25) is 0 Å². The number of esters is 1. The van der Waals surface area contributed by atoms with Gasteiger partial charge in [0.2, 0.25) is 10.0 Å². The normalized spacial score (nSPS) is 26.9. The minimum Gasteiger partial charge on any atom is -0.465 e. The van der Waals surface area contributed by atoms with Crippen molar-refractivity contribution in [3.05, 3.63) is 0 Å². The van der Waals surface area contributed by atoms with Crippen molar-refractivity contribution < 1.29 is 17.9 Å². The molecule has 0 aromatic carbocycles. The number of rotatable bonds is 4. The first-order chi connectivity index (χ1) is 7.57. The highest BCUT2D eigenvalue weighted by Gasteiger charge is 2.46. The zero-order valence-corrected chi connectivity index (χ0v) is 10.2. The SMILES string of the molecule is CCOC(=O)C1CCCN1S(=O)(=O)C1CC1. The van der Waals surface area contributed by atoms with Crippen LogP contribution in [0.1, 0.15) is 32.6 Å². The number of ether oxygens (including phenoxy) is 1. The second-order valence-electron chi connectivity index (χ2n) is 4.27. The molecule has 2 fully saturated rings. The van der Waals surface area contributed by atoms with Crippen molar-refractivity contribution in [2.24, 2.45) is 0 Å². The molecule has 16 heavy (non-hydrogen) atoms. The van der Waals surface area contributed by atoms with Crippen molar-refractivity contribution in [2.45, 2.75) is 43.9 Å². The average molecular weight is 247 g/mol. The lowest BCUT2D eigenvalue weighted by Crippen LogP contribution is -2.42. The molecule has 0 N–H and O–H groups in total. The van der Waals surface area contributed by atoms with E-state index < -0.39 is 22.0 Å². The maximum atomic E-state index is 12.0. The van der Waals surface area contributed by atoms with Crippen LogP contribution in [0, 0.1) is 0 Å². The Labute approximate surface area is 95.8 Å². The summed E-state index contributed by atoms with van der Waals surface area (Å²) in [5, 5.41) is -0.248. The molecule has 0 radical (unpaired) electrons. The van der Waals surface area contributed by atoms with E-state index in [1.165, 1.54) is 4.31 Å². The first kappa shape index (κ1) is 11.9. The Hall–Kier alpha value is -0.620. The van der Waals surface area contributed by atoms with Crippen molar-refractivity contribution in [3.8, 4) is 0 Å². The minimum atomic E-state index is -3.25. The first-order valence-electron chi connectivity index (χ1n) is 5.74. The number of carbonyl (C=O) groups is 1. The van der Waals surface area contributed by atoms with Gasteiger partial charge in [-0.15, -0.1) is 0 Å². The molecule has 0 aromatic rings. The molecule has 1 atom stereocenters. The van der Waals surface area contributed by atoms with Crippen LogP contribution in [-0.4, -0.2) is 43.1 Å². The second kappa shape index (κ2) is 4.33. The van der Waals surface area contributed by atoms with E-state index in [1.807, 2.05) is 0 Å². The summed E-state index contributed by atoms with van der Waals surface area (Å²) in [6.45, 7) is 2.49. The van der Waals surface area contributed by atoms with Gasteiger partial charge in [0, 0.05) is 6.54 Å². The van der Waals surface area contributed by atoms with Crippen molar-refractivity contribution in [3.63, 3.8) is 0 Å². The summed E-state index contributed by atoms with van der Waals surface area (Å²) in [5.74, 6) is -0.399. The zero-order valence-electron chi connectivity index (χ0n) is 9.39. The number of hydrogen-bond acceptors (Lipinski definition) is 4. The molecule has 1 saturated carbocycles. The zero-order chi connectivity index (χ0) is 11.8. The van der Waals surface area contributed by atoms with Crippen LogP contribution in [0.5, 0.6) is 0 Å². The van der Waals surface area contributed by atoms with E-state index in [2.05, 4.69) is 0 Å². The topological polar surface area (TPSA) is 63.7 Å². The summed E-state index contributed by atoms with van der Waals surface area (Å²) in [7, 11) is -3.25. The van der Waals surface area contributed by atoms with Gasteiger partial charge in [0.1, 0.15) is 6.04 Å². The Morgan fingerprint density at radius 2 is 2.06 bits per heavy atom. The third-order valence-electron chi connectivity index (χ3n) is 3.03. The van der Waals surface area contributed by atoms with Crippen LogP contribution >= 0.6 is 0 Å². The number of sulfonamides is 1. The fraction of sp³-hybridized carbons (Fsp3) is 0.900. The Kier molecular flexibility index (Phi) is 3.21. The predicted molar refractivity (Wildman–Crippen MR) is 58.3 cm³/mol. The molecule has 2 aliphatic rings. The third kappa shape index (κ3) is 2.08. The molecule has 5 nitrogen and oxygen atoms in total. The van der Waals surface area contributed by atoms with Crippen LogP contribution in [0.3, 0.4) is 0 Å². The van der Waals surface area contributed by atoms with Crippen LogP contribution < -0.4 is 0 Å². The minimum absolute atomic E-state index is 0.248. The standard InChI is InChI=1S/C10H17NO4S/c1-2-15-10(12)9-4-3-7-11(9)16(13,14)8-5-6-8/h8-9H,2-7H2,1H3. The van der Waals surface area contributed by atoms with E-state index in [-0.39, 0.29) is 5.25 Å². The molecule has 92 valence electrons. The Bertz CT molecular complexity index is 374. The summed E-state index contributed by atoms with van der Waals surface area (Å²) in [6.07, 6.45) is 2.79. The quantitative estimate of drug-likeness (QED) is 0.679. The summed E-state index contributed by atoms with van der Waals surface area (Å²) < 4.78 is 30.3. The molecule has 1 aliphatic carbocycles. The van der Waals surface area contributed by atoms with Gasteiger partial charge in [-0.3, -0.25) is 4.79 Å². The molecule has 2 rings (SSSR count). The van der Waals surface area contributed by atoms with Crippen molar-refractivity contribution in [1.29, 1.82) is 0 Å². The van der Waals surface area contributed by atoms with E-state index in [0.717, 1.165) is 19.3 Å². The number of hydrogen-bond donors (Lipinski definition) is 0. The van der Waals surface area contributed by atoms with E-state index in [4.69, 9.17) is 4.74 Å². The molecule has 1 saturated heterocycles. The lowest BCUT2D eigenvalue weighted by Gasteiger charge is -2.22. The molecular weight excluding hydrogens is 230 g/mol. The van der Waals surface area contributed by atoms with E-state index in [1.54, 1.807) is 6.92 Å². The molecular formula is C10H17NO4S. The highest BCUT2D eigenvalue weighted by atomic mass is 32.2. The van der Waals surface area contributed by atoms with Gasteiger partial charge in [0.15, 0.2) is 0 Å². The van der Waals surface area contributed by atoms with Gasteiger partial charge in [0.05, 0.1) is 11.9 Å². The van der Waals surface area contributed by atoms with Gasteiger partial charge in [-0.1, -0.05) is 0 Å². The third-order valence-corrected chi connectivity index (χ3v) is 5.44. The van der Waals surface area contributed by atoms with E-state index in [9.17, 15) is 13.2 Å². The lowest BCUT2D eigenvalue weighted by atomic mass is 10.2. The van der Waals surface area contributed by atoms with Gasteiger partial charge in [-0.2, -0.15) is 4.31 Å². The monoisotopic (exact) mass is 247 g/mol. The summed E-state index contributed by atoms with van der Waals surface area (Å²) >= 11 is 0. The molecule has 6 heteroatoms. The second-order valence-corrected chi connectivity index (χ2v) is 6.43. The fourth-order valence-corrected chi connectivity index (χ4v) is 4.12. The van der Waals surface area contributed by atoms with Crippen LogP contribution in [0.15, 0.2) is 0 Å². The summed E-state index contributed by atoms with van der Waals surface area (Å²) in [4.78, 5) is 11.6. The molecule has 1 aliphatic heterocycles. The number of carbonyl (C=O) groups excluding carboxylic acids is 1. The van der Waals surface area contributed by atoms with Crippen LogP contribution in [-0.2, 0) is 19.6 Å². The van der Waals surface area contributed by atoms with Crippen LogP contribution in [0.25, 0.3) is 0 Å². The number of nitrogens with zero attached hydrogens (tertiary/aromatic N) is 1. The fourth-order valence-electron chi connectivity index (χ4n) is 2.08. The Balaban J connectivity index is 2.11. The first-order valence-corrected chi connectivity index (χ1v) is 7.25. The van der Waals surface area contributed by atoms with E-state index in [0.29, 0.717) is 19.6 Å². The smallest absolute Gasteiger partial charge is 0.324 e. The van der Waals surface area contributed by atoms with Gasteiger partial charge in [0.25, 0.3) is 0 Å². The highest BCUT2D eigenvalue weighted by molar-refractivity contribution is 7.90. The average Bonchev–Trinajstić information content (AvgIpc) is 2.96. The molecule has 1 heterocycles. The molecule has 0 spiro atoms.